The summed E-state index contributed by atoms with van der Waals surface area (Å²) in [7, 11) is 0. The quantitative estimate of drug-likeness (QED) is 0.715. The monoisotopic (exact) mass is 375 g/mol. The van der Waals surface area contributed by atoms with Crippen molar-refractivity contribution < 1.29 is 4.39 Å². The number of rotatable bonds is 4. The summed E-state index contributed by atoms with van der Waals surface area (Å²) >= 11 is 3.91. The summed E-state index contributed by atoms with van der Waals surface area (Å²) in [5.74, 6) is 0.284. The van der Waals surface area contributed by atoms with Crippen molar-refractivity contribution in [2.45, 2.75) is 19.9 Å². The summed E-state index contributed by atoms with van der Waals surface area (Å²) in [4.78, 5) is 1.31. The average Bonchev–Trinajstić information content (AvgIpc) is 2.80. The van der Waals surface area contributed by atoms with Gasteiger partial charge in [0.2, 0.25) is 0 Å². The number of anilines is 1. The van der Waals surface area contributed by atoms with Crippen LogP contribution in [0.2, 0.25) is 0 Å². The molecule has 0 bridgehead atoms. The van der Waals surface area contributed by atoms with E-state index in [-0.39, 0.29) is 11.9 Å². The number of hydrogen-bond acceptors (Lipinski definition) is 2. The Balaban J connectivity index is 2.24. The number of nitrogens with one attached hydrogen (secondary N) is 1. The van der Waals surface area contributed by atoms with Crippen LogP contribution in [0, 0.1) is 15.3 Å². The molecule has 4 heteroatoms. The molecule has 1 atom stereocenters. The van der Waals surface area contributed by atoms with Gasteiger partial charge in [0, 0.05) is 14.1 Å². The molecule has 1 aromatic heterocycles. The summed E-state index contributed by atoms with van der Waals surface area (Å²) in [5.41, 5.74) is 0.990. The second kappa shape index (κ2) is 6.02. The first kappa shape index (κ1) is 13.8. The Morgan fingerprint density at radius 3 is 2.61 bits per heavy atom. The van der Waals surface area contributed by atoms with Gasteiger partial charge in [0.15, 0.2) is 0 Å². The largest absolute Gasteiger partial charge is 0.376 e. The lowest BCUT2D eigenvalue weighted by Crippen LogP contribution is -2.16. The van der Waals surface area contributed by atoms with Crippen molar-refractivity contribution in [1.82, 2.24) is 0 Å². The summed E-state index contributed by atoms with van der Waals surface area (Å²) < 4.78 is 14.0. The van der Waals surface area contributed by atoms with Gasteiger partial charge in [-0.3, -0.25) is 0 Å². The summed E-state index contributed by atoms with van der Waals surface area (Å²) in [5, 5.41) is 5.60. The van der Waals surface area contributed by atoms with Gasteiger partial charge in [0.1, 0.15) is 5.82 Å². The fourth-order valence-corrected chi connectivity index (χ4v) is 3.39. The highest BCUT2D eigenvalue weighted by Gasteiger charge is 2.17. The van der Waals surface area contributed by atoms with Crippen LogP contribution in [0.25, 0.3) is 0 Å². The second-order valence-corrected chi connectivity index (χ2v) is 6.65. The Hall–Kier alpha value is -0.620. The minimum atomic E-state index is -0.192. The van der Waals surface area contributed by atoms with Crippen LogP contribution in [-0.2, 0) is 0 Å². The highest BCUT2D eigenvalue weighted by atomic mass is 127. The standard InChI is InChI=1S/C14H15FINS/c1-9(2)14(13-4-3-7-18-13)17-12-6-5-10(15)8-11(12)16/h3-9,14,17H,1-2H3. The predicted molar refractivity (Wildman–Crippen MR) is 84.6 cm³/mol. The molecule has 1 N–H and O–H groups in total. The lowest BCUT2D eigenvalue weighted by atomic mass is 10.0. The molecule has 18 heavy (non-hydrogen) atoms. The van der Waals surface area contributed by atoms with Crippen LogP contribution in [0.15, 0.2) is 35.7 Å². The Bertz CT molecular complexity index is 511. The Morgan fingerprint density at radius 1 is 1.28 bits per heavy atom. The van der Waals surface area contributed by atoms with Crippen molar-refractivity contribution >= 4 is 39.6 Å². The summed E-state index contributed by atoms with van der Waals surface area (Å²) in [6.45, 7) is 4.38. The molecule has 1 aromatic carbocycles. The van der Waals surface area contributed by atoms with Gasteiger partial charge in [-0.2, -0.15) is 0 Å². The van der Waals surface area contributed by atoms with Crippen molar-refractivity contribution in [2.75, 3.05) is 5.32 Å². The Kier molecular flexibility index (Phi) is 4.61. The second-order valence-electron chi connectivity index (χ2n) is 4.51. The SMILES string of the molecule is CC(C)C(Nc1ccc(F)cc1I)c1cccs1. The molecular weight excluding hydrogens is 360 g/mol. The van der Waals surface area contributed by atoms with E-state index in [2.05, 4.69) is 59.3 Å². The van der Waals surface area contributed by atoms with E-state index in [0.29, 0.717) is 5.92 Å². The van der Waals surface area contributed by atoms with E-state index >= 15 is 0 Å². The summed E-state index contributed by atoms with van der Waals surface area (Å²) in [6, 6.07) is 9.32. The van der Waals surface area contributed by atoms with Crippen LogP contribution in [0.3, 0.4) is 0 Å². The molecule has 0 fully saturated rings. The Morgan fingerprint density at radius 2 is 2.06 bits per heavy atom. The number of halogens is 2. The van der Waals surface area contributed by atoms with Gasteiger partial charge in [0.05, 0.1) is 6.04 Å². The maximum absolute atomic E-state index is 13.1. The molecule has 1 unspecified atom stereocenters. The molecule has 0 spiro atoms. The first-order chi connectivity index (χ1) is 8.58. The highest BCUT2D eigenvalue weighted by Crippen LogP contribution is 2.31. The topological polar surface area (TPSA) is 12.0 Å². The van der Waals surface area contributed by atoms with Crippen LogP contribution < -0.4 is 5.32 Å². The van der Waals surface area contributed by atoms with Gasteiger partial charge in [-0.1, -0.05) is 19.9 Å². The van der Waals surface area contributed by atoms with Crippen molar-refractivity contribution in [1.29, 1.82) is 0 Å². The van der Waals surface area contributed by atoms with Crippen molar-refractivity contribution in [3.8, 4) is 0 Å². The third-order valence-corrected chi connectivity index (χ3v) is 4.61. The smallest absolute Gasteiger partial charge is 0.124 e. The molecule has 2 aromatic rings. The van der Waals surface area contributed by atoms with E-state index in [1.807, 2.05) is 0 Å². The molecule has 96 valence electrons. The van der Waals surface area contributed by atoms with E-state index < -0.39 is 0 Å². The molecule has 0 amide bonds. The molecular formula is C14H15FINS. The first-order valence-corrected chi connectivity index (χ1v) is 7.78. The number of hydrogen-bond donors (Lipinski definition) is 1. The molecule has 0 saturated carbocycles. The van der Waals surface area contributed by atoms with Crippen molar-refractivity contribution in [2.24, 2.45) is 5.92 Å². The molecule has 1 heterocycles. The summed E-state index contributed by atoms with van der Waals surface area (Å²) in [6.07, 6.45) is 0. The van der Waals surface area contributed by atoms with Gasteiger partial charge in [-0.05, 0) is 58.2 Å². The van der Waals surface area contributed by atoms with Crippen LogP contribution >= 0.6 is 33.9 Å². The van der Waals surface area contributed by atoms with Crippen LogP contribution in [0.5, 0.6) is 0 Å². The minimum absolute atomic E-state index is 0.192. The fourth-order valence-electron chi connectivity index (χ4n) is 1.81. The van der Waals surface area contributed by atoms with Crippen molar-refractivity contribution in [3.05, 3.63) is 50.0 Å². The molecule has 0 radical (unpaired) electrons. The lowest BCUT2D eigenvalue weighted by molar-refractivity contribution is 0.553. The van der Waals surface area contributed by atoms with Gasteiger partial charge in [-0.15, -0.1) is 11.3 Å². The van der Waals surface area contributed by atoms with Gasteiger partial charge in [-0.25, -0.2) is 4.39 Å². The maximum atomic E-state index is 13.1. The third kappa shape index (κ3) is 3.23. The number of benzene rings is 1. The van der Waals surface area contributed by atoms with Gasteiger partial charge < -0.3 is 5.32 Å². The van der Waals surface area contributed by atoms with E-state index in [0.717, 1.165) is 9.26 Å². The Labute approximate surface area is 125 Å². The average molecular weight is 375 g/mol. The maximum Gasteiger partial charge on any atom is 0.124 e. The van der Waals surface area contributed by atoms with Crippen LogP contribution in [0.4, 0.5) is 10.1 Å². The van der Waals surface area contributed by atoms with Gasteiger partial charge >= 0.3 is 0 Å². The van der Waals surface area contributed by atoms with Crippen LogP contribution in [-0.4, -0.2) is 0 Å². The highest BCUT2D eigenvalue weighted by molar-refractivity contribution is 14.1. The van der Waals surface area contributed by atoms with E-state index in [1.165, 1.54) is 10.9 Å². The zero-order chi connectivity index (χ0) is 13.1. The number of thiophene rings is 1. The molecule has 1 nitrogen and oxygen atoms in total. The normalized spacial score (nSPS) is 12.7. The molecule has 0 aliphatic carbocycles. The van der Waals surface area contributed by atoms with Crippen LogP contribution in [0.1, 0.15) is 24.8 Å². The molecule has 0 aliphatic heterocycles. The zero-order valence-electron chi connectivity index (χ0n) is 10.3. The molecule has 0 aliphatic rings. The molecule has 0 saturated heterocycles. The van der Waals surface area contributed by atoms with Gasteiger partial charge in [0.25, 0.3) is 0 Å². The van der Waals surface area contributed by atoms with E-state index in [9.17, 15) is 4.39 Å². The van der Waals surface area contributed by atoms with Crippen molar-refractivity contribution in [3.63, 3.8) is 0 Å². The van der Waals surface area contributed by atoms with E-state index in [4.69, 9.17) is 0 Å². The third-order valence-electron chi connectivity index (χ3n) is 2.76. The minimum Gasteiger partial charge on any atom is -0.376 e. The predicted octanol–water partition coefficient (Wildman–Crippen LogP) is 5.30. The van der Waals surface area contributed by atoms with E-state index in [1.54, 1.807) is 23.5 Å². The zero-order valence-corrected chi connectivity index (χ0v) is 13.3. The fraction of sp³-hybridized carbons (Fsp3) is 0.286. The first-order valence-electron chi connectivity index (χ1n) is 5.83. The molecule has 2 rings (SSSR count). The lowest BCUT2D eigenvalue weighted by Gasteiger charge is -2.23.